The highest BCUT2D eigenvalue weighted by Crippen LogP contribution is 2.43. The summed E-state index contributed by atoms with van der Waals surface area (Å²) in [5.74, 6) is 0.866. The zero-order chi connectivity index (χ0) is 12.5. The number of carbonyl (C=O) groups is 1. The van der Waals surface area contributed by atoms with Crippen LogP contribution < -0.4 is 5.73 Å². The van der Waals surface area contributed by atoms with Gasteiger partial charge in [-0.3, -0.25) is 4.79 Å². The monoisotopic (exact) mass is 254 g/mol. The van der Waals surface area contributed by atoms with Crippen LogP contribution in [0, 0.1) is 11.3 Å². The Morgan fingerprint density at radius 1 is 1.47 bits per heavy atom. The predicted octanol–water partition coefficient (Wildman–Crippen LogP) is 2.09. The average Bonchev–Trinajstić information content (AvgIpc) is 2.27. The first-order valence-electron chi connectivity index (χ1n) is 6.69. The van der Waals surface area contributed by atoms with E-state index in [0.29, 0.717) is 10.9 Å². The molecule has 0 bridgehead atoms. The number of thiocarbonyl (C=S) groups is 1. The molecule has 1 heterocycles. The fourth-order valence-corrected chi connectivity index (χ4v) is 3.27. The van der Waals surface area contributed by atoms with Gasteiger partial charge < -0.3 is 10.6 Å². The van der Waals surface area contributed by atoms with Gasteiger partial charge in [0, 0.05) is 13.1 Å². The molecule has 2 rings (SSSR count). The fourth-order valence-electron chi connectivity index (χ4n) is 2.98. The standard InChI is InChI=1S/C13H22N2OS/c1-2-10-5-3-8-15(9-10)12(16)13(11(14)17)6-4-7-13/h10H,2-9H2,1H3,(H2,14,17). The summed E-state index contributed by atoms with van der Waals surface area (Å²) in [6.45, 7) is 3.99. The van der Waals surface area contributed by atoms with Crippen molar-refractivity contribution in [1.29, 1.82) is 0 Å². The van der Waals surface area contributed by atoms with Crippen molar-refractivity contribution in [2.45, 2.75) is 45.4 Å². The first-order valence-corrected chi connectivity index (χ1v) is 7.10. The Labute approximate surface area is 109 Å². The second-order valence-corrected chi connectivity index (χ2v) is 5.91. The van der Waals surface area contributed by atoms with E-state index in [1.54, 1.807) is 0 Å². The number of likely N-dealkylation sites (tertiary alicyclic amines) is 1. The molecule has 1 aliphatic heterocycles. The zero-order valence-electron chi connectivity index (χ0n) is 10.6. The summed E-state index contributed by atoms with van der Waals surface area (Å²) < 4.78 is 0. The van der Waals surface area contributed by atoms with Gasteiger partial charge in [-0.1, -0.05) is 32.0 Å². The van der Waals surface area contributed by atoms with Crippen LogP contribution in [0.5, 0.6) is 0 Å². The zero-order valence-corrected chi connectivity index (χ0v) is 11.4. The highest BCUT2D eigenvalue weighted by molar-refractivity contribution is 7.80. The van der Waals surface area contributed by atoms with E-state index in [1.807, 2.05) is 4.90 Å². The van der Waals surface area contributed by atoms with Crippen LogP contribution in [0.15, 0.2) is 0 Å². The molecule has 1 amide bonds. The minimum atomic E-state index is -0.481. The van der Waals surface area contributed by atoms with Crippen molar-refractivity contribution >= 4 is 23.1 Å². The number of amides is 1. The van der Waals surface area contributed by atoms with Crippen LogP contribution in [0.25, 0.3) is 0 Å². The number of piperidine rings is 1. The van der Waals surface area contributed by atoms with Gasteiger partial charge in [0.25, 0.3) is 0 Å². The van der Waals surface area contributed by atoms with Crippen molar-refractivity contribution in [2.24, 2.45) is 17.1 Å². The van der Waals surface area contributed by atoms with Crippen molar-refractivity contribution in [3.8, 4) is 0 Å². The summed E-state index contributed by atoms with van der Waals surface area (Å²) in [6.07, 6.45) is 6.32. The number of nitrogens with two attached hydrogens (primary N) is 1. The topological polar surface area (TPSA) is 46.3 Å². The van der Waals surface area contributed by atoms with E-state index in [4.69, 9.17) is 18.0 Å². The summed E-state index contributed by atoms with van der Waals surface area (Å²) in [5.41, 5.74) is 5.31. The number of carbonyl (C=O) groups excluding carboxylic acids is 1. The summed E-state index contributed by atoms with van der Waals surface area (Å²) in [7, 11) is 0. The van der Waals surface area contributed by atoms with Gasteiger partial charge in [-0.05, 0) is 31.6 Å². The molecule has 1 unspecified atom stereocenters. The molecule has 0 radical (unpaired) electrons. The van der Waals surface area contributed by atoms with Crippen molar-refractivity contribution in [2.75, 3.05) is 13.1 Å². The molecule has 1 saturated carbocycles. The first-order chi connectivity index (χ1) is 8.10. The summed E-state index contributed by atoms with van der Waals surface area (Å²) in [6, 6.07) is 0. The number of rotatable bonds is 3. The van der Waals surface area contributed by atoms with Crippen LogP contribution in [0.3, 0.4) is 0 Å². The van der Waals surface area contributed by atoms with Crippen LogP contribution in [-0.4, -0.2) is 28.9 Å². The van der Waals surface area contributed by atoms with Crippen LogP contribution in [0.2, 0.25) is 0 Å². The van der Waals surface area contributed by atoms with E-state index in [2.05, 4.69) is 6.92 Å². The molecule has 17 heavy (non-hydrogen) atoms. The van der Waals surface area contributed by atoms with Crippen molar-refractivity contribution in [3.05, 3.63) is 0 Å². The van der Waals surface area contributed by atoms with Gasteiger partial charge in [0.2, 0.25) is 5.91 Å². The maximum atomic E-state index is 12.6. The van der Waals surface area contributed by atoms with Crippen LogP contribution in [0.4, 0.5) is 0 Å². The maximum Gasteiger partial charge on any atom is 0.235 e. The van der Waals surface area contributed by atoms with Crippen molar-refractivity contribution in [3.63, 3.8) is 0 Å². The largest absolute Gasteiger partial charge is 0.392 e. The summed E-state index contributed by atoms with van der Waals surface area (Å²) in [4.78, 5) is 15.0. The number of hydrogen-bond acceptors (Lipinski definition) is 2. The molecule has 2 aliphatic rings. The van der Waals surface area contributed by atoms with Crippen molar-refractivity contribution in [1.82, 2.24) is 4.90 Å². The molecule has 0 aromatic carbocycles. The lowest BCUT2D eigenvalue weighted by atomic mass is 9.67. The molecule has 1 atom stereocenters. The molecular formula is C13H22N2OS. The van der Waals surface area contributed by atoms with E-state index >= 15 is 0 Å². The van der Waals surface area contributed by atoms with Gasteiger partial charge in [0.15, 0.2) is 0 Å². The second-order valence-electron chi connectivity index (χ2n) is 5.47. The number of nitrogens with zero attached hydrogens (tertiary/aromatic N) is 1. The molecule has 4 heteroatoms. The molecular weight excluding hydrogens is 232 g/mol. The fraction of sp³-hybridized carbons (Fsp3) is 0.846. The van der Waals surface area contributed by atoms with E-state index in [9.17, 15) is 4.79 Å². The normalized spacial score (nSPS) is 27.4. The van der Waals surface area contributed by atoms with Crippen LogP contribution in [-0.2, 0) is 4.79 Å². The maximum absolute atomic E-state index is 12.6. The minimum Gasteiger partial charge on any atom is -0.392 e. The van der Waals surface area contributed by atoms with Crippen LogP contribution >= 0.6 is 12.2 Å². The highest BCUT2D eigenvalue weighted by atomic mass is 32.1. The molecule has 2 N–H and O–H groups in total. The van der Waals surface area contributed by atoms with E-state index in [0.717, 1.165) is 45.2 Å². The summed E-state index contributed by atoms with van der Waals surface area (Å²) in [5, 5.41) is 0. The van der Waals surface area contributed by atoms with Gasteiger partial charge in [-0.2, -0.15) is 0 Å². The Kier molecular flexibility index (Phi) is 3.71. The summed E-state index contributed by atoms with van der Waals surface area (Å²) >= 11 is 5.11. The first kappa shape index (κ1) is 12.8. The smallest absolute Gasteiger partial charge is 0.235 e. The average molecular weight is 254 g/mol. The van der Waals surface area contributed by atoms with E-state index in [-0.39, 0.29) is 5.91 Å². The van der Waals surface area contributed by atoms with Crippen molar-refractivity contribution < 1.29 is 4.79 Å². The lowest BCUT2D eigenvalue weighted by Crippen LogP contribution is -2.56. The molecule has 2 fully saturated rings. The molecule has 0 aromatic heterocycles. The second kappa shape index (κ2) is 4.92. The lowest BCUT2D eigenvalue weighted by molar-refractivity contribution is -0.143. The Balaban J connectivity index is 2.06. The van der Waals surface area contributed by atoms with E-state index < -0.39 is 5.41 Å². The predicted molar refractivity (Wildman–Crippen MR) is 72.7 cm³/mol. The molecule has 1 aliphatic carbocycles. The SMILES string of the molecule is CCC1CCCN(C(=O)C2(C(N)=S)CCC2)C1. The third-order valence-corrected chi connectivity index (χ3v) is 4.86. The van der Waals surface area contributed by atoms with Gasteiger partial charge in [0.1, 0.15) is 0 Å². The van der Waals surface area contributed by atoms with Gasteiger partial charge in [0.05, 0.1) is 10.4 Å². The van der Waals surface area contributed by atoms with Gasteiger partial charge >= 0.3 is 0 Å². The Morgan fingerprint density at radius 2 is 2.18 bits per heavy atom. The third kappa shape index (κ3) is 2.19. The lowest BCUT2D eigenvalue weighted by Gasteiger charge is -2.44. The minimum absolute atomic E-state index is 0.203. The van der Waals surface area contributed by atoms with E-state index in [1.165, 1.54) is 6.42 Å². The molecule has 1 saturated heterocycles. The van der Waals surface area contributed by atoms with Gasteiger partial charge in [-0.25, -0.2) is 0 Å². The molecule has 3 nitrogen and oxygen atoms in total. The van der Waals surface area contributed by atoms with Crippen LogP contribution in [0.1, 0.15) is 45.4 Å². The third-order valence-electron chi connectivity index (χ3n) is 4.47. The molecule has 0 spiro atoms. The molecule has 0 aromatic rings. The Hall–Kier alpha value is -0.640. The highest BCUT2D eigenvalue weighted by Gasteiger charge is 2.49. The Morgan fingerprint density at radius 3 is 2.65 bits per heavy atom. The van der Waals surface area contributed by atoms with Gasteiger partial charge in [-0.15, -0.1) is 0 Å². The molecule has 96 valence electrons. The number of hydrogen-bond donors (Lipinski definition) is 1. The quantitative estimate of drug-likeness (QED) is 0.785. The Bertz CT molecular complexity index is 325.